The third-order valence-electron chi connectivity index (χ3n) is 9.15. The topological polar surface area (TPSA) is 85.8 Å². The number of aliphatic carboxylic acids is 1. The van der Waals surface area contributed by atoms with Crippen molar-refractivity contribution in [2.45, 2.75) is 50.6 Å². The maximum atomic E-state index is 14.4. The molecule has 15 heteroatoms. The van der Waals surface area contributed by atoms with Gasteiger partial charge in [-0.05, 0) is 60.3 Å². The number of likely N-dealkylation sites (tertiary alicyclic amines) is 1. The van der Waals surface area contributed by atoms with E-state index in [9.17, 15) is 49.8 Å². The van der Waals surface area contributed by atoms with Gasteiger partial charge in [-0.15, -0.1) is 0 Å². The van der Waals surface area contributed by atoms with Crippen molar-refractivity contribution >= 4 is 33.4 Å². The number of carboxylic acids is 1. The van der Waals surface area contributed by atoms with Gasteiger partial charge in [-0.2, -0.15) is 26.3 Å². The van der Waals surface area contributed by atoms with Crippen LogP contribution >= 0.6 is 0 Å². The van der Waals surface area contributed by atoms with Crippen LogP contribution in [-0.2, 0) is 22.6 Å². The average molecular weight is 711 g/mol. The van der Waals surface area contributed by atoms with Crippen molar-refractivity contribution in [2.24, 2.45) is 5.41 Å². The number of halogens is 8. The minimum atomic E-state index is -5.14. The SMILES string of the molecule is CN(Cc1cnc(-c2cccc3c(C[C@H](NC(=O)C4(C(F)(F)F)CCN(CC(F)(F)F)CC4)C(=O)O)cccc23)c2ccccc12)CC(F)F. The van der Waals surface area contributed by atoms with Gasteiger partial charge in [0, 0.05) is 30.1 Å². The summed E-state index contributed by atoms with van der Waals surface area (Å²) < 4.78 is 108. The number of alkyl halides is 8. The van der Waals surface area contributed by atoms with E-state index in [1.54, 1.807) is 49.6 Å². The molecule has 4 aromatic rings. The Labute approximate surface area is 281 Å². The molecule has 2 heterocycles. The Morgan fingerprint density at radius 2 is 1.50 bits per heavy atom. The lowest BCUT2D eigenvalue weighted by Gasteiger charge is -2.42. The molecule has 5 rings (SSSR count). The van der Waals surface area contributed by atoms with Crippen LogP contribution in [0, 0.1) is 5.41 Å². The van der Waals surface area contributed by atoms with Crippen LogP contribution in [0.25, 0.3) is 32.8 Å². The van der Waals surface area contributed by atoms with Gasteiger partial charge in [-0.1, -0.05) is 60.7 Å². The lowest BCUT2D eigenvalue weighted by molar-refractivity contribution is -0.236. The third kappa shape index (κ3) is 7.99. The first kappa shape index (κ1) is 36.9. The number of carbonyl (C=O) groups is 2. The largest absolute Gasteiger partial charge is 0.480 e. The van der Waals surface area contributed by atoms with E-state index in [1.165, 1.54) is 4.90 Å². The average Bonchev–Trinajstić information content (AvgIpc) is 3.03. The predicted octanol–water partition coefficient (Wildman–Crippen LogP) is 7.07. The zero-order valence-electron chi connectivity index (χ0n) is 26.8. The number of carbonyl (C=O) groups excluding carboxylic acids is 1. The summed E-state index contributed by atoms with van der Waals surface area (Å²) in [5, 5.41) is 14.8. The van der Waals surface area contributed by atoms with Gasteiger partial charge < -0.3 is 10.4 Å². The highest BCUT2D eigenvalue weighted by atomic mass is 19.4. The number of benzene rings is 3. The van der Waals surface area contributed by atoms with Crippen molar-refractivity contribution in [3.63, 3.8) is 0 Å². The maximum Gasteiger partial charge on any atom is 0.403 e. The molecule has 7 nitrogen and oxygen atoms in total. The summed E-state index contributed by atoms with van der Waals surface area (Å²) in [6.07, 6.45) is -13.0. The number of nitrogens with zero attached hydrogens (tertiary/aromatic N) is 3. The van der Waals surface area contributed by atoms with Gasteiger partial charge in [0.05, 0.1) is 18.8 Å². The second-order valence-corrected chi connectivity index (χ2v) is 12.6. The number of fused-ring (bicyclic) bond motifs is 2. The standard InChI is InChI=1S/C35H34F8N4O3/c1-46(19-29(36)37)18-22-17-44-30(26-8-3-2-7-24(22)26)27-11-5-9-23-21(6-4-10-25(23)27)16-28(31(48)49)45-32(50)33(35(41,42)43)12-14-47(15-13-33)20-34(38,39)40/h2-11,17,28-29H,12-16,18-20H2,1H3,(H,45,50)(H,48,49)/t28-/m0/s1. The van der Waals surface area contributed by atoms with E-state index in [2.05, 4.69) is 10.3 Å². The van der Waals surface area contributed by atoms with Crippen LogP contribution < -0.4 is 5.32 Å². The van der Waals surface area contributed by atoms with Crippen molar-refractivity contribution in [2.75, 3.05) is 33.2 Å². The molecule has 1 saturated heterocycles. The summed E-state index contributed by atoms with van der Waals surface area (Å²) in [4.78, 5) is 32.6. The Morgan fingerprint density at radius 3 is 2.12 bits per heavy atom. The van der Waals surface area contributed by atoms with Crippen LogP contribution in [0.4, 0.5) is 35.1 Å². The van der Waals surface area contributed by atoms with Crippen LogP contribution in [0.15, 0.2) is 66.9 Å². The molecular formula is C35H34F8N4O3. The number of amides is 1. The van der Waals surface area contributed by atoms with Crippen LogP contribution in [0.5, 0.6) is 0 Å². The Hall–Kier alpha value is -4.37. The van der Waals surface area contributed by atoms with Crippen molar-refractivity contribution in [3.05, 3.63) is 78.0 Å². The summed E-state index contributed by atoms with van der Waals surface area (Å²) in [6, 6.07) is 15.8. The molecule has 0 bridgehead atoms. The number of hydrogen-bond donors (Lipinski definition) is 2. The highest BCUT2D eigenvalue weighted by Crippen LogP contribution is 2.47. The fourth-order valence-corrected chi connectivity index (χ4v) is 6.64. The molecule has 0 aliphatic carbocycles. The molecule has 268 valence electrons. The van der Waals surface area contributed by atoms with Gasteiger partial charge in [-0.25, -0.2) is 13.6 Å². The first-order valence-corrected chi connectivity index (χ1v) is 15.7. The molecule has 1 atom stereocenters. The highest BCUT2D eigenvalue weighted by Gasteiger charge is 2.61. The second-order valence-electron chi connectivity index (χ2n) is 12.6. The Bertz CT molecular complexity index is 1860. The summed E-state index contributed by atoms with van der Waals surface area (Å²) in [5.74, 6) is -3.18. The summed E-state index contributed by atoms with van der Waals surface area (Å²) in [5.41, 5.74) is -0.688. The number of pyridine rings is 1. The molecule has 0 unspecified atom stereocenters. The quantitative estimate of drug-likeness (QED) is 0.162. The molecule has 0 saturated carbocycles. The van der Waals surface area contributed by atoms with E-state index in [4.69, 9.17) is 0 Å². The predicted molar refractivity (Wildman–Crippen MR) is 171 cm³/mol. The molecule has 1 fully saturated rings. The number of piperidine rings is 1. The van der Waals surface area contributed by atoms with Gasteiger partial charge in [0.25, 0.3) is 6.43 Å². The first-order chi connectivity index (χ1) is 23.5. The Balaban J connectivity index is 1.44. The number of aromatic nitrogens is 1. The molecule has 0 spiro atoms. The second kappa shape index (κ2) is 14.5. The van der Waals surface area contributed by atoms with Gasteiger partial charge in [0.1, 0.15) is 11.5 Å². The summed E-state index contributed by atoms with van der Waals surface area (Å²) in [7, 11) is 1.58. The first-order valence-electron chi connectivity index (χ1n) is 15.7. The molecule has 1 amide bonds. The summed E-state index contributed by atoms with van der Waals surface area (Å²) >= 11 is 0. The van der Waals surface area contributed by atoms with Gasteiger partial charge in [0.15, 0.2) is 0 Å². The third-order valence-corrected chi connectivity index (χ3v) is 9.15. The molecule has 1 aliphatic rings. The molecule has 1 aliphatic heterocycles. The molecule has 3 aromatic carbocycles. The maximum absolute atomic E-state index is 14.4. The van der Waals surface area contributed by atoms with Gasteiger partial charge in [-0.3, -0.25) is 19.6 Å². The fraction of sp³-hybridized carbons (Fsp3) is 0.400. The number of carboxylic acid groups (broad SMARTS) is 1. The molecule has 2 N–H and O–H groups in total. The van der Waals surface area contributed by atoms with E-state index in [-0.39, 0.29) is 13.0 Å². The van der Waals surface area contributed by atoms with E-state index < -0.39 is 81.1 Å². The molecule has 0 radical (unpaired) electrons. The Kier molecular flexibility index (Phi) is 10.7. The van der Waals surface area contributed by atoms with Gasteiger partial charge in [0.2, 0.25) is 5.91 Å². The number of rotatable bonds is 11. The van der Waals surface area contributed by atoms with Crippen LogP contribution in [0.1, 0.15) is 24.0 Å². The lowest BCUT2D eigenvalue weighted by Crippen LogP contribution is -2.59. The zero-order chi connectivity index (χ0) is 36.4. The van der Waals surface area contributed by atoms with Crippen molar-refractivity contribution in [1.29, 1.82) is 0 Å². The van der Waals surface area contributed by atoms with Crippen molar-refractivity contribution in [3.8, 4) is 11.3 Å². The van der Waals surface area contributed by atoms with Crippen molar-refractivity contribution < 1.29 is 49.8 Å². The molecule has 1 aromatic heterocycles. The number of hydrogen-bond acceptors (Lipinski definition) is 5. The van der Waals surface area contributed by atoms with Crippen molar-refractivity contribution in [1.82, 2.24) is 20.1 Å². The normalized spacial score (nSPS) is 16.3. The van der Waals surface area contributed by atoms with Gasteiger partial charge >= 0.3 is 18.3 Å². The van der Waals surface area contributed by atoms with Crippen LogP contribution in [-0.4, -0.2) is 89.8 Å². The molecular weight excluding hydrogens is 676 g/mol. The highest BCUT2D eigenvalue weighted by molar-refractivity contribution is 6.05. The minimum Gasteiger partial charge on any atom is -0.480 e. The van der Waals surface area contributed by atoms with E-state index >= 15 is 0 Å². The number of nitrogens with one attached hydrogen (secondary N) is 1. The van der Waals surface area contributed by atoms with E-state index in [0.717, 1.165) is 21.2 Å². The summed E-state index contributed by atoms with van der Waals surface area (Å²) in [6.45, 7) is -2.91. The van der Waals surface area contributed by atoms with Crippen LogP contribution in [0.3, 0.4) is 0 Å². The minimum absolute atomic E-state index is 0.224. The smallest absolute Gasteiger partial charge is 0.403 e. The Morgan fingerprint density at radius 1 is 0.900 bits per heavy atom. The van der Waals surface area contributed by atoms with E-state index in [0.29, 0.717) is 27.6 Å². The lowest BCUT2D eigenvalue weighted by atomic mass is 9.76. The van der Waals surface area contributed by atoms with Crippen LogP contribution in [0.2, 0.25) is 0 Å². The zero-order valence-corrected chi connectivity index (χ0v) is 26.8. The fourth-order valence-electron chi connectivity index (χ4n) is 6.64. The molecule has 50 heavy (non-hydrogen) atoms. The van der Waals surface area contributed by atoms with E-state index in [1.807, 2.05) is 24.3 Å². The monoisotopic (exact) mass is 710 g/mol.